The van der Waals surface area contributed by atoms with E-state index in [0.717, 1.165) is 6.54 Å². The van der Waals surface area contributed by atoms with Gasteiger partial charge in [-0.2, -0.15) is 0 Å². The fourth-order valence-electron chi connectivity index (χ4n) is 2.68. The fraction of sp³-hybridized carbons (Fsp3) is 0.294. The minimum atomic E-state index is 0.383. The molecule has 1 unspecified atom stereocenters. The topological polar surface area (TPSA) is 12.0 Å². The molecule has 0 amide bonds. The van der Waals surface area contributed by atoms with Crippen LogP contribution in [0.3, 0.4) is 0 Å². The zero-order valence-electron chi connectivity index (χ0n) is 11.0. The minimum absolute atomic E-state index is 0.383. The van der Waals surface area contributed by atoms with Crippen LogP contribution in [0.5, 0.6) is 0 Å². The van der Waals surface area contributed by atoms with Gasteiger partial charge in [-0.3, -0.25) is 0 Å². The van der Waals surface area contributed by atoms with E-state index in [-0.39, 0.29) is 0 Å². The van der Waals surface area contributed by atoms with Gasteiger partial charge in [-0.25, -0.2) is 0 Å². The van der Waals surface area contributed by atoms with Gasteiger partial charge in [0, 0.05) is 12.6 Å². The molecule has 0 spiro atoms. The van der Waals surface area contributed by atoms with Crippen LogP contribution in [0.1, 0.15) is 25.5 Å². The van der Waals surface area contributed by atoms with Crippen molar-refractivity contribution in [3.05, 3.63) is 60.2 Å². The molecule has 2 aromatic carbocycles. The molecule has 0 bridgehead atoms. The first-order valence-electron chi connectivity index (χ1n) is 6.56. The van der Waals surface area contributed by atoms with Gasteiger partial charge in [-0.1, -0.05) is 68.4 Å². The number of hydrogen-bond donors (Lipinski definition) is 1. The quantitative estimate of drug-likeness (QED) is 0.831. The van der Waals surface area contributed by atoms with Crippen LogP contribution in [0.25, 0.3) is 11.1 Å². The minimum Gasteiger partial charge on any atom is -0.309 e. The van der Waals surface area contributed by atoms with Gasteiger partial charge >= 0.3 is 0 Å². The molecule has 18 heavy (non-hydrogen) atoms. The summed E-state index contributed by atoms with van der Waals surface area (Å²) >= 11 is 0. The lowest BCUT2D eigenvalue weighted by atomic mass is 9.74. The summed E-state index contributed by atoms with van der Waals surface area (Å²) in [6.07, 6.45) is 0. The second kappa shape index (κ2) is 4.25. The molecule has 0 radical (unpaired) electrons. The first-order valence-corrected chi connectivity index (χ1v) is 6.56. The third kappa shape index (κ3) is 1.95. The van der Waals surface area contributed by atoms with Crippen LogP contribution in [0.15, 0.2) is 54.6 Å². The molecule has 1 aliphatic rings. The fourth-order valence-corrected chi connectivity index (χ4v) is 2.68. The summed E-state index contributed by atoms with van der Waals surface area (Å²) in [6, 6.07) is 20.0. The lowest BCUT2D eigenvalue weighted by Gasteiger charge is -2.46. The maximum absolute atomic E-state index is 3.51. The zero-order chi connectivity index (χ0) is 12.6. The molecule has 1 N–H and O–H groups in total. The lowest BCUT2D eigenvalue weighted by Crippen LogP contribution is -2.52. The largest absolute Gasteiger partial charge is 0.309 e. The predicted molar refractivity (Wildman–Crippen MR) is 76.4 cm³/mol. The average molecular weight is 237 g/mol. The third-order valence-corrected chi connectivity index (χ3v) is 3.89. The van der Waals surface area contributed by atoms with E-state index in [9.17, 15) is 0 Å². The normalized spacial score (nSPS) is 21.3. The summed E-state index contributed by atoms with van der Waals surface area (Å²) in [6.45, 7) is 5.75. The van der Waals surface area contributed by atoms with Gasteiger partial charge < -0.3 is 5.32 Å². The van der Waals surface area contributed by atoms with E-state index >= 15 is 0 Å². The molecule has 1 heteroatoms. The number of nitrogens with one attached hydrogen (secondary N) is 1. The third-order valence-electron chi connectivity index (χ3n) is 3.89. The Morgan fingerprint density at radius 2 is 1.50 bits per heavy atom. The molecule has 1 heterocycles. The Kier molecular flexibility index (Phi) is 2.71. The average Bonchev–Trinajstić information content (AvgIpc) is 2.39. The first kappa shape index (κ1) is 11.5. The van der Waals surface area contributed by atoms with Crippen molar-refractivity contribution in [2.75, 3.05) is 6.54 Å². The van der Waals surface area contributed by atoms with E-state index in [1.807, 2.05) is 0 Å². The van der Waals surface area contributed by atoms with Crippen molar-refractivity contribution in [2.45, 2.75) is 19.9 Å². The van der Waals surface area contributed by atoms with Crippen molar-refractivity contribution in [3.63, 3.8) is 0 Å². The van der Waals surface area contributed by atoms with Gasteiger partial charge in [-0.05, 0) is 22.1 Å². The molecule has 3 rings (SSSR count). The van der Waals surface area contributed by atoms with Crippen LogP contribution in [-0.2, 0) is 0 Å². The lowest BCUT2D eigenvalue weighted by molar-refractivity contribution is 0.128. The maximum atomic E-state index is 3.51. The van der Waals surface area contributed by atoms with Crippen LogP contribution in [0.2, 0.25) is 0 Å². The van der Waals surface area contributed by atoms with E-state index in [2.05, 4.69) is 73.8 Å². The van der Waals surface area contributed by atoms with E-state index in [1.54, 1.807) is 0 Å². The Morgan fingerprint density at radius 1 is 0.889 bits per heavy atom. The van der Waals surface area contributed by atoms with Gasteiger partial charge in [0.15, 0.2) is 0 Å². The van der Waals surface area contributed by atoms with Crippen LogP contribution in [-0.4, -0.2) is 6.54 Å². The summed E-state index contributed by atoms with van der Waals surface area (Å²) in [4.78, 5) is 0. The number of rotatable bonds is 2. The molecule has 1 aliphatic heterocycles. The highest BCUT2D eigenvalue weighted by molar-refractivity contribution is 5.63. The van der Waals surface area contributed by atoms with Crippen LogP contribution in [0.4, 0.5) is 0 Å². The highest BCUT2D eigenvalue weighted by Gasteiger charge is 2.38. The Labute approximate surface area is 109 Å². The highest BCUT2D eigenvalue weighted by atomic mass is 15.0. The second-order valence-electron chi connectivity index (χ2n) is 5.79. The van der Waals surface area contributed by atoms with Crippen molar-refractivity contribution in [3.8, 4) is 11.1 Å². The van der Waals surface area contributed by atoms with Crippen LogP contribution in [0, 0.1) is 5.41 Å². The summed E-state index contributed by atoms with van der Waals surface area (Å²) in [5.74, 6) is 0. The maximum Gasteiger partial charge on any atom is 0.0384 e. The number of benzene rings is 2. The summed E-state index contributed by atoms with van der Waals surface area (Å²) in [5, 5.41) is 3.51. The standard InChI is InChI=1S/C17H19N/c1-17(2)12-18-16(17)15-10-8-14(9-11-15)13-6-4-3-5-7-13/h3-11,16,18H,12H2,1-2H3. The molecule has 2 aromatic rings. The zero-order valence-corrected chi connectivity index (χ0v) is 11.0. The van der Waals surface area contributed by atoms with Gasteiger partial charge in [0.05, 0.1) is 0 Å². The molecular weight excluding hydrogens is 218 g/mol. The van der Waals surface area contributed by atoms with Crippen LogP contribution < -0.4 is 5.32 Å². The van der Waals surface area contributed by atoms with Crippen molar-refractivity contribution in [2.24, 2.45) is 5.41 Å². The molecule has 1 atom stereocenters. The Hall–Kier alpha value is -1.60. The molecule has 1 saturated heterocycles. The van der Waals surface area contributed by atoms with E-state index in [1.165, 1.54) is 16.7 Å². The molecule has 0 aliphatic carbocycles. The van der Waals surface area contributed by atoms with Gasteiger partial charge in [-0.15, -0.1) is 0 Å². The first-order chi connectivity index (χ1) is 8.67. The monoisotopic (exact) mass is 237 g/mol. The Balaban J connectivity index is 1.86. The Morgan fingerprint density at radius 3 is 2.00 bits per heavy atom. The molecule has 92 valence electrons. The molecule has 0 aromatic heterocycles. The summed E-state index contributed by atoms with van der Waals surface area (Å²) in [5.41, 5.74) is 4.35. The SMILES string of the molecule is CC1(C)CNC1c1ccc(-c2ccccc2)cc1. The van der Waals surface area contributed by atoms with Gasteiger partial charge in [0.25, 0.3) is 0 Å². The molecule has 1 fully saturated rings. The van der Waals surface area contributed by atoms with Gasteiger partial charge in [0.2, 0.25) is 0 Å². The van der Waals surface area contributed by atoms with E-state index in [4.69, 9.17) is 0 Å². The van der Waals surface area contributed by atoms with Gasteiger partial charge in [0.1, 0.15) is 0 Å². The molecule has 0 saturated carbocycles. The Bertz CT molecular complexity index is 525. The van der Waals surface area contributed by atoms with E-state index < -0.39 is 0 Å². The van der Waals surface area contributed by atoms with E-state index in [0.29, 0.717) is 11.5 Å². The molecular formula is C17H19N. The summed E-state index contributed by atoms with van der Waals surface area (Å²) in [7, 11) is 0. The number of hydrogen-bond acceptors (Lipinski definition) is 1. The van der Waals surface area contributed by atoms with Crippen molar-refractivity contribution in [1.82, 2.24) is 5.32 Å². The van der Waals surface area contributed by atoms with Crippen molar-refractivity contribution >= 4 is 0 Å². The van der Waals surface area contributed by atoms with Crippen molar-refractivity contribution < 1.29 is 0 Å². The smallest absolute Gasteiger partial charge is 0.0384 e. The van der Waals surface area contributed by atoms with Crippen molar-refractivity contribution in [1.29, 1.82) is 0 Å². The predicted octanol–water partition coefficient (Wildman–Crippen LogP) is 4.02. The second-order valence-corrected chi connectivity index (χ2v) is 5.79. The molecule has 1 nitrogen and oxygen atoms in total. The highest BCUT2D eigenvalue weighted by Crippen LogP contribution is 2.40. The van der Waals surface area contributed by atoms with Crippen LogP contribution >= 0.6 is 0 Å². The summed E-state index contributed by atoms with van der Waals surface area (Å²) < 4.78 is 0.